The zero-order valence-electron chi connectivity index (χ0n) is 14.3. The zero-order valence-corrected chi connectivity index (χ0v) is 15.1. The van der Waals surface area contributed by atoms with Crippen molar-refractivity contribution in [1.29, 1.82) is 0 Å². The lowest BCUT2D eigenvalue weighted by Crippen LogP contribution is -2.46. The summed E-state index contributed by atoms with van der Waals surface area (Å²) >= 11 is 1.04. The Kier molecular flexibility index (Phi) is 6.48. The summed E-state index contributed by atoms with van der Waals surface area (Å²) in [6.45, 7) is 5.03. The number of nitrogens with one attached hydrogen (secondary N) is 2. The third-order valence-corrected chi connectivity index (χ3v) is 5.13. The van der Waals surface area contributed by atoms with E-state index in [9.17, 15) is 13.2 Å². The summed E-state index contributed by atoms with van der Waals surface area (Å²) in [5, 5.41) is 8.13. The van der Waals surface area contributed by atoms with Crippen molar-refractivity contribution in [1.82, 2.24) is 15.6 Å². The number of halogens is 3. The van der Waals surface area contributed by atoms with Crippen molar-refractivity contribution in [2.24, 2.45) is 16.8 Å². The number of alkyl halides is 3. The number of hydrogen-bond acceptors (Lipinski definition) is 3. The molecule has 1 aromatic heterocycles. The van der Waals surface area contributed by atoms with Gasteiger partial charge in [0.2, 0.25) is 0 Å². The van der Waals surface area contributed by atoms with E-state index in [0.717, 1.165) is 29.6 Å². The third-order valence-electron chi connectivity index (χ3n) is 4.22. The Labute approximate surface area is 145 Å². The molecule has 136 valence electrons. The summed E-state index contributed by atoms with van der Waals surface area (Å²) in [6, 6.07) is 0.395. The van der Waals surface area contributed by atoms with E-state index in [2.05, 4.69) is 34.5 Å². The molecule has 1 aliphatic rings. The van der Waals surface area contributed by atoms with Crippen molar-refractivity contribution in [3.05, 3.63) is 16.1 Å². The highest BCUT2D eigenvalue weighted by Gasteiger charge is 2.33. The highest BCUT2D eigenvalue weighted by Crippen LogP contribution is 2.30. The van der Waals surface area contributed by atoms with Crippen molar-refractivity contribution in [2.75, 3.05) is 13.6 Å². The summed E-state index contributed by atoms with van der Waals surface area (Å²) in [5.74, 6) is 2.09. The molecule has 0 saturated heterocycles. The van der Waals surface area contributed by atoms with Crippen LogP contribution >= 0.6 is 11.3 Å². The maximum absolute atomic E-state index is 12.5. The molecule has 1 aliphatic carbocycles. The predicted molar refractivity (Wildman–Crippen MR) is 91.3 cm³/mol. The van der Waals surface area contributed by atoms with Crippen LogP contribution in [0.5, 0.6) is 0 Å². The molecular formula is C16H25F3N4S. The number of nitrogens with zero attached hydrogens (tertiary/aromatic N) is 2. The van der Waals surface area contributed by atoms with Crippen LogP contribution in [0, 0.1) is 11.8 Å². The number of rotatable bonds is 4. The zero-order chi connectivity index (χ0) is 17.7. The molecule has 1 heterocycles. The second kappa shape index (κ2) is 8.18. The van der Waals surface area contributed by atoms with Crippen molar-refractivity contribution < 1.29 is 13.2 Å². The molecule has 0 aliphatic heterocycles. The van der Waals surface area contributed by atoms with Gasteiger partial charge in [0.15, 0.2) is 11.7 Å². The second-order valence-corrected chi connectivity index (χ2v) is 7.57. The van der Waals surface area contributed by atoms with E-state index >= 15 is 0 Å². The van der Waals surface area contributed by atoms with Gasteiger partial charge in [-0.2, -0.15) is 13.2 Å². The van der Waals surface area contributed by atoms with E-state index in [-0.39, 0.29) is 0 Å². The number of aromatic nitrogens is 1. The fourth-order valence-corrected chi connectivity index (χ4v) is 4.10. The monoisotopic (exact) mass is 362 g/mol. The lowest BCUT2D eigenvalue weighted by molar-refractivity contribution is -0.140. The Morgan fingerprint density at radius 3 is 2.50 bits per heavy atom. The highest BCUT2D eigenvalue weighted by molar-refractivity contribution is 7.09. The molecule has 2 rings (SSSR count). The lowest BCUT2D eigenvalue weighted by atomic mass is 9.80. The topological polar surface area (TPSA) is 49.3 Å². The molecule has 0 radical (unpaired) electrons. The number of thiazole rings is 1. The van der Waals surface area contributed by atoms with E-state index in [4.69, 9.17) is 0 Å². The van der Waals surface area contributed by atoms with Crippen LogP contribution in [-0.2, 0) is 12.6 Å². The van der Waals surface area contributed by atoms with Crippen molar-refractivity contribution >= 4 is 17.3 Å². The minimum Gasteiger partial charge on any atom is -0.356 e. The van der Waals surface area contributed by atoms with Gasteiger partial charge in [-0.25, -0.2) is 4.98 Å². The summed E-state index contributed by atoms with van der Waals surface area (Å²) in [4.78, 5) is 7.84. The molecule has 0 spiro atoms. The van der Waals surface area contributed by atoms with E-state index in [1.165, 1.54) is 6.42 Å². The van der Waals surface area contributed by atoms with Gasteiger partial charge in [0.25, 0.3) is 0 Å². The van der Waals surface area contributed by atoms with Gasteiger partial charge in [-0.15, -0.1) is 11.3 Å². The minimum atomic E-state index is -4.37. The van der Waals surface area contributed by atoms with Crippen LogP contribution in [0.2, 0.25) is 0 Å². The Bertz CT molecular complexity index is 546. The van der Waals surface area contributed by atoms with Gasteiger partial charge < -0.3 is 10.6 Å². The van der Waals surface area contributed by atoms with Crippen LogP contribution in [0.4, 0.5) is 13.2 Å². The average Bonchev–Trinajstić information content (AvgIpc) is 2.94. The highest BCUT2D eigenvalue weighted by atomic mass is 32.1. The molecular weight excluding hydrogens is 337 g/mol. The van der Waals surface area contributed by atoms with Crippen molar-refractivity contribution in [3.8, 4) is 0 Å². The Balaban J connectivity index is 1.78. The summed E-state index contributed by atoms with van der Waals surface area (Å²) in [5.41, 5.74) is -0.810. The first-order chi connectivity index (χ1) is 11.3. The van der Waals surface area contributed by atoms with Gasteiger partial charge in [-0.1, -0.05) is 13.8 Å². The van der Waals surface area contributed by atoms with Gasteiger partial charge in [-0.3, -0.25) is 4.99 Å². The van der Waals surface area contributed by atoms with Crippen LogP contribution in [0.25, 0.3) is 0 Å². The maximum Gasteiger partial charge on any atom is 0.434 e. The molecule has 0 bridgehead atoms. The Hall–Kier alpha value is -1.31. The summed E-state index contributed by atoms with van der Waals surface area (Å²) in [6.07, 6.45) is -0.429. The SMILES string of the molecule is CN=C(NCCc1nc(C(F)(F)F)cs1)NC1CC(C)CC(C)C1. The molecule has 2 atom stereocenters. The number of hydrogen-bond donors (Lipinski definition) is 2. The lowest BCUT2D eigenvalue weighted by Gasteiger charge is -2.32. The Morgan fingerprint density at radius 2 is 1.96 bits per heavy atom. The van der Waals surface area contributed by atoms with Crippen LogP contribution < -0.4 is 10.6 Å². The summed E-state index contributed by atoms with van der Waals surface area (Å²) in [7, 11) is 1.70. The number of aliphatic imine (C=N–C) groups is 1. The molecule has 24 heavy (non-hydrogen) atoms. The van der Waals surface area contributed by atoms with Gasteiger partial charge in [-0.05, 0) is 31.1 Å². The molecule has 8 heteroatoms. The largest absolute Gasteiger partial charge is 0.434 e. The van der Waals surface area contributed by atoms with Gasteiger partial charge in [0.1, 0.15) is 0 Å². The molecule has 2 unspecified atom stereocenters. The van der Waals surface area contributed by atoms with Crippen molar-refractivity contribution in [2.45, 2.75) is 51.7 Å². The first kappa shape index (κ1) is 19.0. The first-order valence-corrected chi connectivity index (χ1v) is 9.14. The standard InChI is InChI=1S/C16H25F3N4S/c1-10-6-11(2)8-12(7-10)22-15(20-3)21-5-4-14-23-13(9-24-14)16(17,18)19/h9-12H,4-8H2,1-3H3,(H2,20,21,22). The third kappa shape index (κ3) is 5.65. The van der Waals surface area contributed by atoms with Gasteiger partial charge in [0.05, 0.1) is 5.01 Å². The molecule has 0 aromatic carbocycles. The maximum atomic E-state index is 12.5. The van der Waals surface area contributed by atoms with Crippen LogP contribution in [0.1, 0.15) is 43.8 Å². The predicted octanol–water partition coefficient (Wildman–Crippen LogP) is 3.69. The van der Waals surface area contributed by atoms with E-state index in [1.54, 1.807) is 7.05 Å². The van der Waals surface area contributed by atoms with Crippen LogP contribution in [0.3, 0.4) is 0 Å². The minimum absolute atomic E-state index is 0.395. The fraction of sp³-hybridized carbons (Fsp3) is 0.750. The van der Waals surface area contributed by atoms with Crippen LogP contribution in [0.15, 0.2) is 10.4 Å². The Morgan fingerprint density at radius 1 is 1.29 bits per heavy atom. The number of guanidine groups is 1. The second-order valence-electron chi connectivity index (χ2n) is 6.63. The quantitative estimate of drug-likeness (QED) is 0.634. The molecule has 1 aromatic rings. The molecule has 4 nitrogen and oxygen atoms in total. The van der Waals surface area contributed by atoms with Crippen molar-refractivity contribution in [3.63, 3.8) is 0 Å². The van der Waals surface area contributed by atoms with Gasteiger partial charge in [0, 0.05) is 31.4 Å². The van der Waals surface area contributed by atoms with Crippen LogP contribution in [-0.4, -0.2) is 30.6 Å². The first-order valence-electron chi connectivity index (χ1n) is 8.26. The normalized spacial score (nSPS) is 25.6. The van der Waals surface area contributed by atoms with E-state index in [0.29, 0.717) is 41.8 Å². The average molecular weight is 362 g/mol. The molecule has 2 N–H and O–H groups in total. The molecule has 1 saturated carbocycles. The molecule has 1 fully saturated rings. The van der Waals surface area contributed by atoms with E-state index in [1.807, 2.05) is 0 Å². The smallest absolute Gasteiger partial charge is 0.356 e. The van der Waals surface area contributed by atoms with Gasteiger partial charge >= 0.3 is 6.18 Å². The molecule has 0 amide bonds. The van der Waals surface area contributed by atoms with E-state index < -0.39 is 11.9 Å². The summed E-state index contributed by atoms with van der Waals surface area (Å²) < 4.78 is 37.6. The fourth-order valence-electron chi connectivity index (χ4n) is 3.30.